The molecule has 2 aromatic carbocycles. The van der Waals surface area contributed by atoms with E-state index in [-0.39, 0.29) is 11.9 Å². The third-order valence-electron chi connectivity index (χ3n) is 4.44. The van der Waals surface area contributed by atoms with Gasteiger partial charge in [0.2, 0.25) is 5.75 Å². The number of carbonyl (C=O) groups excluding carboxylic acids is 1. The topological polar surface area (TPSA) is 69.9 Å². The van der Waals surface area contributed by atoms with E-state index in [9.17, 15) is 4.79 Å². The summed E-state index contributed by atoms with van der Waals surface area (Å²) in [4.78, 5) is 12.7. The third-order valence-corrected chi connectivity index (χ3v) is 4.44. The number of methoxy groups -OCH3 is 3. The first-order chi connectivity index (χ1) is 13.0. The third kappa shape index (κ3) is 3.69. The molecule has 6 nitrogen and oxygen atoms in total. The molecule has 0 bridgehead atoms. The Morgan fingerprint density at radius 1 is 1.00 bits per heavy atom. The number of amides is 1. The van der Waals surface area contributed by atoms with Crippen molar-refractivity contribution in [2.75, 3.05) is 21.3 Å². The van der Waals surface area contributed by atoms with Crippen LogP contribution in [0.25, 0.3) is 11.0 Å². The molecule has 1 unspecified atom stereocenters. The average Bonchev–Trinajstić information content (AvgIpc) is 3.05. The molecule has 0 radical (unpaired) electrons. The summed E-state index contributed by atoms with van der Waals surface area (Å²) in [6, 6.07) is 10.7. The van der Waals surface area contributed by atoms with E-state index in [2.05, 4.69) is 5.32 Å². The fourth-order valence-corrected chi connectivity index (χ4v) is 3.03. The average molecular weight is 369 g/mol. The summed E-state index contributed by atoms with van der Waals surface area (Å²) < 4.78 is 21.7. The van der Waals surface area contributed by atoms with Gasteiger partial charge in [-0.05, 0) is 55.8 Å². The minimum absolute atomic E-state index is 0.169. The van der Waals surface area contributed by atoms with Crippen molar-refractivity contribution in [3.05, 3.63) is 53.3 Å². The van der Waals surface area contributed by atoms with Gasteiger partial charge in [-0.1, -0.05) is 0 Å². The summed E-state index contributed by atoms with van der Waals surface area (Å²) >= 11 is 0. The van der Waals surface area contributed by atoms with E-state index in [0.717, 1.165) is 22.3 Å². The van der Waals surface area contributed by atoms with Crippen molar-refractivity contribution < 1.29 is 23.4 Å². The maximum Gasteiger partial charge on any atom is 0.251 e. The molecule has 0 spiro atoms. The lowest BCUT2D eigenvalue weighted by molar-refractivity contribution is 0.0940. The Bertz CT molecular complexity index is 951. The number of rotatable bonds is 6. The van der Waals surface area contributed by atoms with Gasteiger partial charge in [0.05, 0.1) is 27.4 Å². The van der Waals surface area contributed by atoms with Crippen LogP contribution in [0.15, 0.2) is 40.8 Å². The lowest BCUT2D eigenvalue weighted by Crippen LogP contribution is -2.26. The summed E-state index contributed by atoms with van der Waals surface area (Å²) in [5.41, 5.74) is 2.18. The molecule has 3 aromatic rings. The first kappa shape index (κ1) is 18.6. The van der Waals surface area contributed by atoms with Crippen LogP contribution in [0.4, 0.5) is 0 Å². The first-order valence-corrected chi connectivity index (χ1v) is 8.57. The van der Waals surface area contributed by atoms with Crippen LogP contribution in [0.1, 0.15) is 34.6 Å². The van der Waals surface area contributed by atoms with Gasteiger partial charge in [-0.25, -0.2) is 0 Å². The van der Waals surface area contributed by atoms with Gasteiger partial charge in [-0.2, -0.15) is 0 Å². The van der Waals surface area contributed by atoms with Crippen molar-refractivity contribution in [2.24, 2.45) is 0 Å². The molecule has 0 saturated carbocycles. The largest absolute Gasteiger partial charge is 0.493 e. The second-order valence-electron chi connectivity index (χ2n) is 6.26. The first-order valence-electron chi connectivity index (χ1n) is 8.57. The van der Waals surface area contributed by atoms with Crippen LogP contribution in [-0.2, 0) is 0 Å². The molecule has 0 aliphatic heterocycles. The van der Waals surface area contributed by atoms with E-state index < -0.39 is 0 Å². The van der Waals surface area contributed by atoms with Gasteiger partial charge in [0.15, 0.2) is 11.5 Å². The van der Waals surface area contributed by atoms with Crippen LogP contribution in [0.3, 0.4) is 0 Å². The summed E-state index contributed by atoms with van der Waals surface area (Å²) in [6.07, 6.45) is 0. The van der Waals surface area contributed by atoms with Crippen LogP contribution in [0.5, 0.6) is 17.2 Å². The van der Waals surface area contributed by atoms with Crippen LogP contribution in [0.2, 0.25) is 0 Å². The maximum atomic E-state index is 12.7. The van der Waals surface area contributed by atoms with Crippen LogP contribution in [0, 0.1) is 6.92 Å². The lowest BCUT2D eigenvalue weighted by Gasteiger charge is -2.19. The standard InChI is InChI=1S/C21H23NO5/c1-12-8-16-9-14(6-7-17(16)27-12)21(23)22-13(2)15-10-18(24-3)20(26-5)19(11-15)25-4/h6-11,13H,1-5H3,(H,22,23). The Labute approximate surface area is 158 Å². The quantitative estimate of drug-likeness (QED) is 0.703. The zero-order chi connectivity index (χ0) is 19.6. The SMILES string of the molecule is COc1cc(C(C)NC(=O)c2ccc3oc(C)cc3c2)cc(OC)c1OC. The van der Waals surface area contributed by atoms with E-state index in [1.165, 1.54) is 0 Å². The number of nitrogens with one attached hydrogen (secondary N) is 1. The molecule has 0 fully saturated rings. The van der Waals surface area contributed by atoms with Gasteiger partial charge < -0.3 is 23.9 Å². The monoisotopic (exact) mass is 369 g/mol. The number of carbonyl (C=O) groups is 1. The number of fused-ring (bicyclic) bond motifs is 1. The number of furan rings is 1. The van der Waals surface area contributed by atoms with Crippen molar-refractivity contribution in [1.29, 1.82) is 0 Å². The van der Waals surface area contributed by atoms with E-state index >= 15 is 0 Å². The summed E-state index contributed by atoms with van der Waals surface area (Å²) in [5.74, 6) is 2.25. The maximum absolute atomic E-state index is 12.7. The number of ether oxygens (including phenoxy) is 3. The fraction of sp³-hybridized carbons (Fsp3) is 0.286. The molecule has 0 aliphatic carbocycles. The Balaban J connectivity index is 1.85. The summed E-state index contributed by atoms with van der Waals surface area (Å²) in [6.45, 7) is 3.78. The molecule has 1 aromatic heterocycles. The van der Waals surface area contributed by atoms with Crippen LogP contribution in [-0.4, -0.2) is 27.2 Å². The number of benzene rings is 2. The van der Waals surface area contributed by atoms with Gasteiger partial charge in [0.25, 0.3) is 5.91 Å². The van der Waals surface area contributed by atoms with E-state index in [1.54, 1.807) is 33.5 Å². The molecule has 142 valence electrons. The summed E-state index contributed by atoms with van der Waals surface area (Å²) in [7, 11) is 4.68. The van der Waals surface area contributed by atoms with Crippen molar-refractivity contribution in [3.63, 3.8) is 0 Å². The molecule has 1 atom stereocenters. The Hall–Kier alpha value is -3.15. The molecule has 6 heteroatoms. The fourth-order valence-electron chi connectivity index (χ4n) is 3.03. The van der Waals surface area contributed by atoms with Crippen molar-refractivity contribution in [2.45, 2.75) is 19.9 Å². The minimum Gasteiger partial charge on any atom is -0.493 e. The van der Waals surface area contributed by atoms with Gasteiger partial charge in [-0.15, -0.1) is 0 Å². The van der Waals surface area contributed by atoms with E-state index in [4.69, 9.17) is 18.6 Å². The normalized spacial score (nSPS) is 11.9. The van der Waals surface area contributed by atoms with Gasteiger partial charge in [-0.3, -0.25) is 4.79 Å². The highest BCUT2D eigenvalue weighted by Gasteiger charge is 2.18. The van der Waals surface area contributed by atoms with Crippen molar-refractivity contribution in [1.82, 2.24) is 5.32 Å². The Morgan fingerprint density at radius 2 is 1.67 bits per heavy atom. The highest BCUT2D eigenvalue weighted by Crippen LogP contribution is 2.39. The molecular weight excluding hydrogens is 346 g/mol. The highest BCUT2D eigenvalue weighted by molar-refractivity contribution is 5.98. The number of hydrogen-bond acceptors (Lipinski definition) is 5. The van der Waals surface area contributed by atoms with Gasteiger partial charge >= 0.3 is 0 Å². The molecule has 0 aliphatic rings. The van der Waals surface area contributed by atoms with Crippen molar-refractivity contribution in [3.8, 4) is 17.2 Å². The molecule has 27 heavy (non-hydrogen) atoms. The Kier molecular flexibility index (Phi) is 5.26. The minimum atomic E-state index is -0.256. The molecule has 3 rings (SSSR count). The second-order valence-corrected chi connectivity index (χ2v) is 6.26. The Morgan fingerprint density at radius 3 is 2.26 bits per heavy atom. The smallest absolute Gasteiger partial charge is 0.251 e. The molecular formula is C21H23NO5. The zero-order valence-electron chi connectivity index (χ0n) is 16.1. The summed E-state index contributed by atoms with van der Waals surface area (Å²) in [5, 5.41) is 3.91. The lowest BCUT2D eigenvalue weighted by atomic mass is 10.1. The predicted molar refractivity (Wildman–Crippen MR) is 103 cm³/mol. The predicted octanol–water partition coefficient (Wildman–Crippen LogP) is 4.26. The second kappa shape index (κ2) is 7.61. The van der Waals surface area contributed by atoms with Gasteiger partial charge in [0.1, 0.15) is 11.3 Å². The molecule has 1 amide bonds. The van der Waals surface area contributed by atoms with E-state index in [1.807, 2.05) is 38.1 Å². The van der Waals surface area contributed by atoms with Crippen LogP contribution < -0.4 is 19.5 Å². The molecule has 0 saturated heterocycles. The highest BCUT2D eigenvalue weighted by atomic mass is 16.5. The van der Waals surface area contributed by atoms with E-state index in [0.29, 0.717) is 22.8 Å². The number of hydrogen-bond donors (Lipinski definition) is 1. The van der Waals surface area contributed by atoms with Crippen molar-refractivity contribution >= 4 is 16.9 Å². The van der Waals surface area contributed by atoms with Crippen LogP contribution >= 0.6 is 0 Å². The number of aryl methyl sites for hydroxylation is 1. The zero-order valence-corrected chi connectivity index (χ0v) is 16.1. The molecule has 1 N–H and O–H groups in total. The van der Waals surface area contributed by atoms with Gasteiger partial charge in [0, 0.05) is 10.9 Å². The molecule has 1 heterocycles.